The minimum absolute atomic E-state index is 0.363. The van der Waals surface area contributed by atoms with Crippen molar-refractivity contribution in [2.45, 2.75) is 50.5 Å². The maximum Gasteiger partial charge on any atom is 0.192 e. The van der Waals surface area contributed by atoms with Gasteiger partial charge in [-0.1, -0.05) is 81.4 Å². The van der Waals surface area contributed by atoms with E-state index in [9.17, 15) is 5.11 Å². The number of hydrogen-bond acceptors (Lipinski definition) is 3. The first-order chi connectivity index (χ1) is 12.0. The molecule has 0 radical (unpaired) electrons. The first-order valence-electron chi connectivity index (χ1n) is 9.25. The molecule has 0 amide bonds. The van der Waals surface area contributed by atoms with Gasteiger partial charge in [-0.2, -0.15) is 0 Å². The van der Waals surface area contributed by atoms with Crippen LogP contribution >= 0.6 is 0 Å². The fourth-order valence-electron chi connectivity index (χ4n) is 3.42. The van der Waals surface area contributed by atoms with Gasteiger partial charge in [-0.3, -0.25) is 0 Å². The molecule has 0 aliphatic carbocycles. The van der Waals surface area contributed by atoms with Crippen LogP contribution in [0.4, 0.5) is 0 Å². The molecule has 0 heterocycles. The predicted molar refractivity (Wildman–Crippen MR) is 107 cm³/mol. The van der Waals surface area contributed by atoms with Gasteiger partial charge in [-0.25, -0.2) is 0 Å². The van der Waals surface area contributed by atoms with E-state index >= 15 is 0 Å². The third kappa shape index (κ3) is 4.21. The maximum atomic E-state index is 11.6. The number of rotatable bonds is 9. The Morgan fingerprint density at radius 2 is 1.28 bits per heavy atom. The SMILES string of the molecule is CC[Si](CC)(CC)OC[C@H](N)C(O)(c1ccccc1)c1ccccc1. The van der Waals surface area contributed by atoms with E-state index in [2.05, 4.69) is 20.8 Å². The Morgan fingerprint density at radius 1 is 0.880 bits per heavy atom. The van der Waals surface area contributed by atoms with Crippen molar-refractivity contribution in [2.24, 2.45) is 5.73 Å². The summed E-state index contributed by atoms with van der Waals surface area (Å²) in [4.78, 5) is 0. The van der Waals surface area contributed by atoms with Crippen molar-refractivity contribution in [1.29, 1.82) is 0 Å². The first kappa shape index (κ1) is 19.9. The van der Waals surface area contributed by atoms with Crippen LogP contribution in [0, 0.1) is 0 Å². The molecule has 0 aliphatic rings. The average Bonchev–Trinajstić information content (AvgIpc) is 2.70. The summed E-state index contributed by atoms with van der Waals surface area (Å²) in [5.74, 6) is 0. The van der Waals surface area contributed by atoms with Gasteiger partial charge in [0.05, 0.1) is 12.6 Å². The second-order valence-corrected chi connectivity index (χ2v) is 11.4. The van der Waals surface area contributed by atoms with Crippen LogP contribution in [-0.2, 0) is 10.0 Å². The molecule has 4 heteroatoms. The Balaban J connectivity index is 2.33. The van der Waals surface area contributed by atoms with Gasteiger partial charge in [-0.15, -0.1) is 0 Å². The summed E-state index contributed by atoms with van der Waals surface area (Å²) < 4.78 is 6.38. The van der Waals surface area contributed by atoms with Gasteiger partial charge < -0.3 is 15.3 Å². The minimum atomic E-state index is -1.75. The highest BCUT2D eigenvalue weighted by Gasteiger charge is 2.40. The fraction of sp³-hybridized carbons (Fsp3) is 0.429. The Kier molecular flexibility index (Phi) is 6.96. The van der Waals surface area contributed by atoms with Crippen LogP contribution in [-0.4, -0.2) is 26.1 Å². The van der Waals surface area contributed by atoms with Gasteiger partial charge >= 0.3 is 0 Å². The number of hydrogen-bond donors (Lipinski definition) is 2. The van der Waals surface area contributed by atoms with E-state index < -0.39 is 20.0 Å². The van der Waals surface area contributed by atoms with Crippen molar-refractivity contribution < 1.29 is 9.53 Å². The highest BCUT2D eigenvalue weighted by atomic mass is 28.4. The topological polar surface area (TPSA) is 55.5 Å². The number of nitrogens with two attached hydrogens (primary N) is 1. The van der Waals surface area contributed by atoms with Crippen molar-refractivity contribution in [2.75, 3.05) is 6.61 Å². The van der Waals surface area contributed by atoms with Crippen LogP contribution in [0.3, 0.4) is 0 Å². The van der Waals surface area contributed by atoms with Gasteiger partial charge in [0.1, 0.15) is 5.60 Å². The predicted octanol–water partition coefficient (Wildman–Crippen LogP) is 4.27. The van der Waals surface area contributed by atoms with Crippen LogP contribution in [0.15, 0.2) is 60.7 Å². The highest BCUT2D eigenvalue weighted by molar-refractivity contribution is 6.73. The molecule has 0 fully saturated rings. The Morgan fingerprint density at radius 3 is 1.64 bits per heavy atom. The molecule has 2 aromatic carbocycles. The lowest BCUT2D eigenvalue weighted by Gasteiger charge is -2.37. The first-order valence-corrected chi connectivity index (χ1v) is 11.8. The molecule has 0 saturated heterocycles. The Labute approximate surface area is 153 Å². The van der Waals surface area contributed by atoms with Crippen LogP contribution in [0.2, 0.25) is 18.1 Å². The largest absolute Gasteiger partial charge is 0.415 e. The van der Waals surface area contributed by atoms with Crippen LogP contribution < -0.4 is 5.73 Å². The van der Waals surface area contributed by atoms with Gasteiger partial charge in [-0.05, 0) is 29.3 Å². The molecular weight excluding hydrogens is 326 g/mol. The van der Waals surface area contributed by atoms with Crippen molar-refractivity contribution in [3.63, 3.8) is 0 Å². The van der Waals surface area contributed by atoms with Crippen LogP contribution in [0.25, 0.3) is 0 Å². The van der Waals surface area contributed by atoms with E-state index in [0.717, 1.165) is 29.3 Å². The molecule has 2 rings (SSSR count). The summed E-state index contributed by atoms with van der Waals surface area (Å²) in [6.07, 6.45) is 0. The Hall–Kier alpha value is -1.46. The zero-order valence-electron chi connectivity index (χ0n) is 15.6. The fourth-order valence-corrected chi connectivity index (χ4v) is 6.07. The monoisotopic (exact) mass is 357 g/mol. The molecule has 0 spiro atoms. The average molecular weight is 358 g/mol. The standard InChI is InChI=1S/C21H31NO2Si/c1-4-25(5-2,6-3)24-17-20(22)21(23,18-13-9-7-10-14-18)19-15-11-8-12-16-19/h7-16,20,23H,4-6,17,22H2,1-3H3/t20-/m0/s1. The van der Waals surface area contributed by atoms with E-state index in [0.29, 0.717) is 6.61 Å². The van der Waals surface area contributed by atoms with Gasteiger partial charge in [0.2, 0.25) is 0 Å². The maximum absolute atomic E-state index is 11.6. The lowest BCUT2D eigenvalue weighted by Crippen LogP contribution is -2.51. The highest BCUT2D eigenvalue weighted by Crippen LogP contribution is 2.33. The second kappa shape index (κ2) is 8.76. The molecule has 136 valence electrons. The summed E-state index contributed by atoms with van der Waals surface area (Å²) in [6, 6.07) is 22.0. The van der Waals surface area contributed by atoms with E-state index in [1.54, 1.807) is 0 Å². The minimum Gasteiger partial charge on any atom is -0.415 e. The third-order valence-corrected chi connectivity index (χ3v) is 10.1. The molecule has 0 saturated carbocycles. The number of benzene rings is 2. The lowest BCUT2D eigenvalue weighted by atomic mass is 9.81. The molecule has 3 N–H and O–H groups in total. The summed E-state index contributed by atoms with van der Waals surface area (Å²) >= 11 is 0. The van der Waals surface area contributed by atoms with Gasteiger partial charge in [0.15, 0.2) is 8.32 Å². The zero-order chi connectivity index (χ0) is 18.3. The van der Waals surface area contributed by atoms with Crippen molar-refractivity contribution in [3.8, 4) is 0 Å². The summed E-state index contributed by atoms with van der Waals surface area (Å²) in [6.45, 7) is 6.96. The normalized spacial score (nSPS) is 13.6. The van der Waals surface area contributed by atoms with Crippen molar-refractivity contribution in [1.82, 2.24) is 0 Å². The quantitative estimate of drug-likeness (QED) is 0.659. The summed E-state index contributed by atoms with van der Waals surface area (Å²) in [5.41, 5.74) is 6.87. The molecule has 0 aromatic heterocycles. The van der Waals surface area contributed by atoms with Crippen LogP contribution in [0.5, 0.6) is 0 Å². The molecule has 2 aromatic rings. The van der Waals surface area contributed by atoms with Gasteiger partial charge in [0.25, 0.3) is 0 Å². The lowest BCUT2D eigenvalue weighted by molar-refractivity contribution is 0.0317. The Bertz CT molecular complexity index is 581. The molecule has 0 bridgehead atoms. The number of aliphatic hydroxyl groups is 1. The molecular formula is C21H31NO2Si. The molecule has 0 aliphatic heterocycles. The van der Waals surface area contributed by atoms with E-state index in [-0.39, 0.29) is 0 Å². The van der Waals surface area contributed by atoms with E-state index in [4.69, 9.17) is 10.2 Å². The second-order valence-electron chi connectivity index (χ2n) is 6.66. The van der Waals surface area contributed by atoms with Gasteiger partial charge in [0, 0.05) is 0 Å². The van der Waals surface area contributed by atoms with E-state index in [1.165, 1.54) is 0 Å². The third-order valence-electron chi connectivity index (χ3n) is 5.47. The van der Waals surface area contributed by atoms with Crippen molar-refractivity contribution in [3.05, 3.63) is 71.8 Å². The summed E-state index contributed by atoms with van der Waals surface area (Å²) in [7, 11) is -1.75. The molecule has 3 nitrogen and oxygen atoms in total. The molecule has 25 heavy (non-hydrogen) atoms. The molecule has 0 unspecified atom stereocenters. The molecule has 1 atom stereocenters. The zero-order valence-corrected chi connectivity index (χ0v) is 16.6. The smallest absolute Gasteiger partial charge is 0.192 e. The van der Waals surface area contributed by atoms with E-state index in [1.807, 2.05) is 60.7 Å². The summed E-state index contributed by atoms with van der Waals surface area (Å²) in [5, 5.41) is 11.6. The van der Waals surface area contributed by atoms with Crippen LogP contribution in [0.1, 0.15) is 31.9 Å². The van der Waals surface area contributed by atoms with Crippen molar-refractivity contribution >= 4 is 8.32 Å².